The summed E-state index contributed by atoms with van der Waals surface area (Å²) in [5, 5.41) is 0. The highest BCUT2D eigenvalue weighted by Gasteiger charge is 2.14. The summed E-state index contributed by atoms with van der Waals surface area (Å²) < 4.78 is 11.5. The number of allylic oxidation sites excluding steroid dienone is 4. The average Bonchev–Trinajstić information content (AvgIpc) is 2.99. The third-order valence-electron chi connectivity index (χ3n) is 8.18. The van der Waals surface area contributed by atoms with Crippen LogP contribution in [0.25, 0.3) is 0 Å². The van der Waals surface area contributed by atoms with E-state index in [1.165, 1.54) is 167 Å². The van der Waals surface area contributed by atoms with E-state index in [4.69, 9.17) is 9.47 Å². The van der Waals surface area contributed by atoms with Gasteiger partial charge in [-0.2, -0.15) is 0 Å². The van der Waals surface area contributed by atoms with Crippen molar-refractivity contribution < 1.29 is 14.3 Å². The number of carbonyl (C=O) groups is 1. The molecule has 0 heterocycles. The molecule has 0 aliphatic heterocycles. The van der Waals surface area contributed by atoms with Gasteiger partial charge in [-0.3, -0.25) is 4.79 Å². The van der Waals surface area contributed by atoms with Crippen molar-refractivity contribution in [2.45, 2.75) is 207 Å². The molecule has 248 valence electrons. The number of hydrogen-bond acceptors (Lipinski definition) is 3. The SMILES string of the molecule is CCCCCCCC/C=C\CCCCCCCCOC(OCCCCCCCC/C=C\CCCCCCCC)C(C)=O. The largest absolute Gasteiger partial charge is 0.346 e. The van der Waals surface area contributed by atoms with Gasteiger partial charge in [-0.15, -0.1) is 0 Å². The molecule has 0 atom stereocenters. The van der Waals surface area contributed by atoms with Crippen LogP contribution in [-0.2, 0) is 14.3 Å². The molecule has 0 rings (SSSR count). The summed E-state index contributed by atoms with van der Waals surface area (Å²) in [7, 11) is 0. The lowest BCUT2D eigenvalue weighted by Gasteiger charge is -2.16. The number of ether oxygens (including phenoxy) is 2. The number of unbranched alkanes of at least 4 members (excludes halogenated alkanes) is 24. The normalized spacial score (nSPS) is 12.0. The Morgan fingerprint density at radius 1 is 0.429 bits per heavy atom. The van der Waals surface area contributed by atoms with Gasteiger partial charge in [-0.25, -0.2) is 0 Å². The molecule has 0 aliphatic carbocycles. The zero-order valence-electron chi connectivity index (χ0n) is 28.8. The molecule has 0 aromatic heterocycles. The molecule has 3 heteroatoms. The Morgan fingerprint density at radius 3 is 0.976 bits per heavy atom. The molecule has 0 saturated heterocycles. The van der Waals surface area contributed by atoms with Gasteiger partial charge in [0.05, 0.1) is 13.2 Å². The fraction of sp³-hybridized carbons (Fsp3) is 0.872. The highest BCUT2D eigenvalue weighted by atomic mass is 16.7. The number of carbonyl (C=O) groups excluding carboxylic acids is 1. The zero-order valence-corrected chi connectivity index (χ0v) is 28.8. The predicted octanol–water partition coefficient (Wildman–Crippen LogP) is 13.0. The summed E-state index contributed by atoms with van der Waals surface area (Å²) in [6.45, 7) is 7.38. The quantitative estimate of drug-likeness (QED) is 0.0418. The number of hydrogen-bond donors (Lipinski definition) is 0. The average molecular weight is 591 g/mol. The first-order valence-corrected chi connectivity index (χ1v) is 18.8. The highest BCUT2D eigenvalue weighted by molar-refractivity contribution is 5.79. The third-order valence-corrected chi connectivity index (χ3v) is 8.18. The maximum atomic E-state index is 11.9. The second-order valence-corrected chi connectivity index (χ2v) is 12.6. The van der Waals surface area contributed by atoms with E-state index >= 15 is 0 Å². The van der Waals surface area contributed by atoms with E-state index in [0.29, 0.717) is 13.2 Å². The van der Waals surface area contributed by atoms with Crippen molar-refractivity contribution in [1.82, 2.24) is 0 Å². The molecule has 0 bridgehead atoms. The second-order valence-electron chi connectivity index (χ2n) is 12.6. The molecule has 0 amide bonds. The van der Waals surface area contributed by atoms with Gasteiger partial charge in [0.25, 0.3) is 0 Å². The van der Waals surface area contributed by atoms with Crippen molar-refractivity contribution in [2.24, 2.45) is 0 Å². The summed E-state index contributed by atoms with van der Waals surface area (Å²) in [6.07, 6.45) is 45.2. The zero-order chi connectivity index (χ0) is 30.6. The molecule has 0 spiro atoms. The standard InChI is InChI=1S/C39H74O3/c1-4-6-8-10-12-14-16-18-20-22-24-26-28-30-32-34-36-41-39(38(3)40)42-37-35-33-31-29-27-25-23-21-19-17-15-13-11-9-7-5-2/h18-21,39H,4-17,22-37H2,1-3H3/b20-18-,21-19-. The van der Waals surface area contributed by atoms with Crippen LogP contribution in [0.1, 0.15) is 201 Å². The topological polar surface area (TPSA) is 35.5 Å². The summed E-state index contributed by atoms with van der Waals surface area (Å²) >= 11 is 0. The maximum Gasteiger partial charge on any atom is 0.217 e. The number of Topliss-reactive ketones (excluding diaryl/α,β-unsaturated/α-hetero) is 1. The Bertz CT molecular complexity index is 538. The molecule has 42 heavy (non-hydrogen) atoms. The molecule has 0 aliphatic rings. The molecular weight excluding hydrogens is 516 g/mol. The van der Waals surface area contributed by atoms with E-state index in [0.717, 1.165) is 12.8 Å². The van der Waals surface area contributed by atoms with Gasteiger partial charge >= 0.3 is 0 Å². The summed E-state index contributed by atoms with van der Waals surface area (Å²) in [5.74, 6) is -0.0101. The van der Waals surface area contributed by atoms with E-state index in [2.05, 4.69) is 38.2 Å². The molecule has 0 unspecified atom stereocenters. The van der Waals surface area contributed by atoms with Gasteiger partial charge in [0.15, 0.2) is 5.78 Å². The van der Waals surface area contributed by atoms with Gasteiger partial charge in [0, 0.05) is 0 Å². The monoisotopic (exact) mass is 591 g/mol. The van der Waals surface area contributed by atoms with Gasteiger partial charge in [0.2, 0.25) is 6.29 Å². The number of ketones is 1. The van der Waals surface area contributed by atoms with Crippen LogP contribution in [0, 0.1) is 0 Å². The van der Waals surface area contributed by atoms with Crippen molar-refractivity contribution >= 4 is 5.78 Å². The fourth-order valence-electron chi connectivity index (χ4n) is 5.36. The first-order valence-electron chi connectivity index (χ1n) is 18.8. The van der Waals surface area contributed by atoms with Crippen molar-refractivity contribution in [1.29, 1.82) is 0 Å². The van der Waals surface area contributed by atoms with Crippen molar-refractivity contribution in [3.63, 3.8) is 0 Å². The van der Waals surface area contributed by atoms with E-state index in [1.807, 2.05) is 0 Å². The lowest BCUT2D eigenvalue weighted by Crippen LogP contribution is -2.26. The molecule has 0 saturated carbocycles. The first kappa shape index (κ1) is 41.1. The van der Waals surface area contributed by atoms with Gasteiger partial charge in [0.1, 0.15) is 0 Å². The van der Waals surface area contributed by atoms with Crippen molar-refractivity contribution in [3.8, 4) is 0 Å². The Balaban J connectivity index is 3.45. The van der Waals surface area contributed by atoms with Crippen molar-refractivity contribution in [3.05, 3.63) is 24.3 Å². The Labute approximate surface area is 264 Å². The van der Waals surface area contributed by atoms with E-state index < -0.39 is 6.29 Å². The molecule has 0 radical (unpaired) electrons. The maximum absolute atomic E-state index is 11.9. The Hall–Kier alpha value is -0.930. The summed E-state index contributed by atoms with van der Waals surface area (Å²) in [6, 6.07) is 0. The lowest BCUT2D eigenvalue weighted by molar-refractivity contribution is -0.168. The minimum absolute atomic E-state index is 0.0101. The van der Waals surface area contributed by atoms with Gasteiger partial charge in [-0.1, -0.05) is 154 Å². The predicted molar refractivity (Wildman–Crippen MR) is 185 cm³/mol. The number of rotatable bonds is 35. The second kappa shape index (κ2) is 36.3. The van der Waals surface area contributed by atoms with Gasteiger partial charge in [-0.05, 0) is 71.1 Å². The first-order chi connectivity index (χ1) is 20.7. The Morgan fingerprint density at radius 2 is 0.690 bits per heavy atom. The molecular formula is C39H74O3. The molecule has 0 aromatic rings. The van der Waals surface area contributed by atoms with Crippen LogP contribution in [-0.4, -0.2) is 25.3 Å². The van der Waals surface area contributed by atoms with E-state index in [1.54, 1.807) is 6.92 Å². The third kappa shape index (κ3) is 33.6. The lowest BCUT2D eigenvalue weighted by atomic mass is 10.1. The minimum atomic E-state index is -0.670. The molecule has 3 nitrogen and oxygen atoms in total. The van der Waals surface area contributed by atoms with Crippen LogP contribution >= 0.6 is 0 Å². The minimum Gasteiger partial charge on any atom is -0.346 e. The Kier molecular flexibility index (Phi) is 35.5. The van der Waals surface area contributed by atoms with Crippen LogP contribution in [0.15, 0.2) is 24.3 Å². The summed E-state index contributed by atoms with van der Waals surface area (Å²) in [4.78, 5) is 11.9. The van der Waals surface area contributed by atoms with Crippen LogP contribution < -0.4 is 0 Å². The van der Waals surface area contributed by atoms with E-state index in [9.17, 15) is 4.79 Å². The van der Waals surface area contributed by atoms with Gasteiger partial charge < -0.3 is 9.47 Å². The van der Waals surface area contributed by atoms with Crippen molar-refractivity contribution in [2.75, 3.05) is 13.2 Å². The molecule has 0 N–H and O–H groups in total. The van der Waals surface area contributed by atoms with E-state index in [-0.39, 0.29) is 5.78 Å². The molecule has 0 fully saturated rings. The van der Waals surface area contributed by atoms with Crippen LogP contribution in [0.2, 0.25) is 0 Å². The smallest absolute Gasteiger partial charge is 0.217 e. The summed E-state index contributed by atoms with van der Waals surface area (Å²) in [5.41, 5.74) is 0. The fourth-order valence-corrected chi connectivity index (χ4v) is 5.36. The molecule has 0 aromatic carbocycles. The highest BCUT2D eigenvalue weighted by Crippen LogP contribution is 2.12. The van der Waals surface area contributed by atoms with Crippen LogP contribution in [0.5, 0.6) is 0 Å². The van der Waals surface area contributed by atoms with Crippen LogP contribution in [0.4, 0.5) is 0 Å². The van der Waals surface area contributed by atoms with Crippen LogP contribution in [0.3, 0.4) is 0 Å².